The standard InChI is InChI=1S/C29H36N2O7/c1-18(2)10-13-36-21-8-6-19(16-23(21)35-5)26-25(28(33)29(34)31(26)12-11-30(3)4)27(32)20-7-9-22-24(17-20)38-15-14-37-22/h6-9,16-18,26,32H,10-15H2,1-5H3/b27-25+. The average Bonchev–Trinajstić information content (AvgIpc) is 3.16. The zero-order valence-electron chi connectivity index (χ0n) is 22.7. The van der Waals surface area contributed by atoms with E-state index in [2.05, 4.69) is 13.8 Å². The van der Waals surface area contributed by atoms with E-state index in [4.69, 9.17) is 18.9 Å². The molecule has 38 heavy (non-hydrogen) atoms. The number of amides is 1. The van der Waals surface area contributed by atoms with E-state index >= 15 is 0 Å². The predicted molar refractivity (Wildman–Crippen MR) is 143 cm³/mol. The first-order valence-corrected chi connectivity index (χ1v) is 12.8. The molecule has 2 aromatic rings. The SMILES string of the molecule is COc1cc(C2/C(=C(\O)c3ccc4c(c3)OCCO4)C(=O)C(=O)N2CCN(C)C)ccc1OCCC(C)C. The molecule has 0 radical (unpaired) electrons. The Balaban J connectivity index is 1.77. The van der Waals surface area contributed by atoms with Gasteiger partial charge in [0.25, 0.3) is 11.7 Å². The molecule has 204 valence electrons. The predicted octanol–water partition coefficient (Wildman–Crippen LogP) is 3.87. The van der Waals surface area contributed by atoms with Crippen molar-refractivity contribution in [2.24, 2.45) is 5.92 Å². The number of carbonyl (C=O) groups excluding carboxylic acids is 2. The first kappa shape index (κ1) is 27.3. The third-order valence-corrected chi connectivity index (χ3v) is 6.60. The Morgan fingerprint density at radius 1 is 1.08 bits per heavy atom. The van der Waals surface area contributed by atoms with Gasteiger partial charge in [-0.3, -0.25) is 9.59 Å². The number of aliphatic hydroxyl groups is 1. The molecule has 1 N–H and O–H groups in total. The number of ether oxygens (including phenoxy) is 4. The minimum absolute atomic E-state index is 0.0148. The summed E-state index contributed by atoms with van der Waals surface area (Å²) in [6.07, 6.45) is 0.894. The molecule has 2 aliphatic heterocycles. The summed E-state index contributed by atoms with van der Waals surface area (Å²) in [5, 5.41) is 11.4. The maximum absolute atomic E-state index is 13.3. The fourth-order valence-corrected chi connectivity index (χ4v) is 4.49. The Kier molecular flexibility index (Phi) is 8.46. The molecule has 1 fully saturated rings. The van der Waals surface area contributed by atoms with Gasteiger partial charge in [0.05, 0.1) is 25.3 Å². The Hall–Kier alpha value is -3.72. The van der Waals surface area contributed by atoms with Gasteiger partial charge in [0.15, 0.2) is 23.0 Å². The molecule has 2 heterocycles. The van der Waals surface area contributed by atoms with Crippen molar-refractivity contribution in [2.45, 2.75) is 26.3 Å². The topological polar surface area (TPSA) is 97.8 Å². The second-order valence-electron chi connectivity index (χ2n) is 10.1. The van der Waals surface area contributed by atoms with Crippen molar-refractivity contribution in [1.29, 1.82) is 0 Å². The number of carbonyl (C=O) groups is 2. The molecule has 0 spiro atoms. The minimum atomic E-state index is -0.804. The van der Waals surface area contributed by atoms with Crippen LogP contribution in [0.25, 0.3) is 5.76 Å². The molecule has 0 saturated carbocycles. The number of fused-ring (bicyclic) bond motifs is 1. The van der Waals surface area contributed by atoms with Gasteiger partial charge in [-0.25, -0.2) is 0 Å². The molecule has 0 aromatic heterocycles. The lowest BCUT2D eigenvalue weighted by Crippen LogP contribution is -2.35. The van der Waals surface area contributed by atoms with Crippen LogP contribution in [-0.2, 0) is 9.59 Å². The number of Topliss-reactive ketones (excluding diaryl/α,β-unsaturated/α-hetero) is 1. The number of likely N-dealkylation sites (N-methyl/N-ethyl adjacent to an activating group) is 1. The zero-order valence-corrected chi connectivity index (χ0v) is 22.7. The van der Waals surface area contributed by atoms with Crippen LogP contribution in [0.1, 0.15) is 37.4 Å². The molecular formula is C29H36N2O7. The Morgan fingerprint density at radius 2 is 1.82 bits per heavy atom. The van der Waals surface area contributed by atoms with Gasteiger partial charge in [-0.2, -0.15) is 0 Å². The fourth-order valence-electron chi connectivity index (χ4n) is 4.49. The maximum atomic E-state index is 13.3. The zero-order chi connectivity index (χ0) is 27.4. The third kappa shape index (κ3) is 5.72. The van der Waals surface area contributed by atoms with E-state index in [1.807, 2.05) is 25.1 Å². The van der Waals surface area contributed by atoms with Crippen molar-refractivity contribution < 1.29 is 33.6 Å². The lowest BCUT2D eigenvalue weighted by molar-refractivity contribution is -0.140. The Morgan fingerprint density at radius 3 is 2.50 bits per heavy atom. The smallest absolute Gasteiger partial charge is 0.295 e. The number of benzene rings is 2. The van der Waals surface area contributed by atoms with Crippen molar-refractivity contribution in [3.63, 3.8) is 0 Å². The quantitative estimate of drug-likeness (QED) is 0.284. The molecule has 1 unspecified atom stereocenters. The normalized spacial score (nSPS) is 18.4. The monoisotopic (exact) mass is 524 g/mol. The van der Waals surface area contributed by atoms with Gasteiger partial charge >= 0.3 is 0 Å². The van der Waals surface area contributed by atoms with Crippen LogP contribution in [0.4, 0.5) is 0 Å². The molecule has 9 nitrogen and oxygen atoms in total. The van der Waals surface area contributed by atoms with Gasteiger partial charge in [0, 0.05) is 18.7 Å². The molecular weight excluding hydrogens is 488 g/mol. The van der Waals surface area contributed by atoms with Crippen molar-refractivity contribution in [3.05, 3.63) is 53.1 Å². The summed E-state index contributed by atoms with van der Waals surface area (Å²) in [6, 6.07) is 9.52. The first-order chi connectivity index (χ1) is 18.2. The second kappa shape index (κ2) is 11.8. The largest absolute Gasteiger partial charge is 0.507 e. The molecule has 9 heteroatoms. The lowest BCUT2D eigenvalue weighted by atomic mass is 9.94. The highest BCUT2D eigenvalue weighted by atomic mass is 16.6. The van der Waals surface area contributed by atoms with Gasteiger partial charge in [0.2, 0.25) is 0 Å². The number of ketones is 1. The van der Waals surface area contributed by atoms with Crippen molar-refractivity contribution in [2.75, 3.05) is 54.1 Å². The summed E-state index contributed by atoms with van der Waals surface area (Å²) >= 11 is 0. The van der Waals surface area contributed by atoms with E-state index in [0.717, 1.165) is 6.42 Å². The number of aliphatic hydroxyl groups excluding tert-OH is 1. The third-order valence-electron chi connectivity index (χ3n) is 6.60. The highest BCUT2D eigenvalue weighted by Gasteiger charge is 2.46. The molecule has 4 rings (SSSR count). The van der Waals surface area contributed by atoms with Crippen LogP contribution >= 0.6 is 0 Å². The molecule has 1 amide bonds. The van der Waals surface area contributed by atoms with Crippen LogP contribution < -0.4 is 18.9 Å². The number of hydrogen-bond donors (Lipinski definition) is 1. The first-order valence-electron chi connectivity index (χ1n) is 12.8. The second-order valence-corrected chi connectivity index (χ2v) is 10.1. The number of methoxy groups -OCH3 is 1. The van der Waals surface area contributed by atoms with E-state index in [1.165, 1.54) is 4.90 Å². The van der Waals surface area contributed by atoms with Gasteiger partial charge in [0.1, 0.15) is 19.0 Å². The lowest BCUT2D eigenvalue weighted by Gasteiger charge is -2.27. The van der Waals surface area contributed by atoms with Gasteiger partial charge in [-0.05, 0) is 62.3 Å². The molecule has 2 aromatic carbocycles. The van der Waals surface area contributed by atoms with Gasteiger partial charge in [-0.15, -0.1) is 0 Å². The van der Waals surface area contributed by atoms with E-state index in [0.29, 0.717) is 73.0 Å². The average molecular weight is 525 g/mol. The van der Waals surface area contributed by atoms with E-state index < -0.39 is 17.7 Å². The maximum Gasteiger partial charge on any atom is 0.295 e. The van der Waals surface area contributed by atoms with E-state index in [-0.39, 0.29) is 11.3 Å². The van der Waals surface area contributed by atoms with Crippen molar-refractivity contribution in [1.82, 2.24) is 9.80 Å². The van der Waals surface area contributed by atoms with Crippen LogP contribution in [0.2, 0.25) is 0 Å². The summed E-state index contributed by atoms with van der Waals surface area (Å²) < 4.78 is 22.8. The highest BCUT2D eigenvalue weighted by molar-refractivity contribution is 6.46. The molecule has 1 atom stereocenters. The number of hydrogen-bond acceptors (Lipinski definition) is 8. The van der Waals surface area contributed by atoms with Crippen molar-refractivity contribution in [3.8, 4) is 23.0 Å². The Bertz CT molecular complexity index is 1220. The van der Waals surface area contributed by atoms with Crippen molar-refractivity contribution >= 4 is 17.4 Å². The van der Waals surface area contributed by atoms with Crippen LogP contribution in [0.15, 0.2) is 42.0 Å². The van der Waals surface area contributed by atoms with Crippen LogP contribution in [-0.4, -0.2) is 80.7 Å². The summed E-state index contributed by atoms with van der Waals surface area (Å²) in [7, 11) is 5.34. The van der Waals surface area contributed by atoms with E-state index in [1.54, 1.807) is 37.4 Å². The molecule has 0 aliphatic carbocycles. The number of nitrogens with zero attached hydrogens (tertiary/aromatic N) is 2. The van der Waals surface area contributed by atoms with E-state index in [9.17, 15) is 14.7 Å². The highest BCUT2D eigenvalue weighted by Crippen LogP contribution is 2.43. The summed E-state index contributed by atoms with van der Waals surface area (Å²) in [5.74, 6) is 0.935. The van der Waals surface area contributed by atoms with Crippen LogP contribution in [0.5, 0.6) is 23.0 Å². The van der Waals surface area contributed by atoms with Gasteiger partial charge < -0.3 is 33.9 Å². The summed E-state index contributed by atoms with van der Waals surface area (Å²) in [4.78, 5) is 30.0. The molecule has 2 aliphatic rings. The summed E-state index contributed by atoms with van der Waals surface area (Å²) in [6.45, 7) is 6.46. The number of rotatable bonds is 10. The van der Waals surface area contributed by atoms with Gasteiger partial charge in [-0.1, -0.05) is 19.9 Å². The van der Waals surface area contributed by atoms with Crippen LogP contribution in [0, 0.1) is 5.92 Å². The molecule has 0 bridgehead atoms. The Labute approximate surface area is 223 Å². The number of likely N-dealkylation sites (tertiary alicyclic amines) is 1. The summed E-state index contributed by atoms with van der Waals surface area (Å²) in [5.41, 5.74) is 1.02. The van der Waals surface area contributed by atoms with Crippen LogP contribution in [0.3, 0.4) is 0 Å². The molecule has 1 saturated heterocycles. The fraction of sp³-hybridized carbons (Fsp3) is 0.448. The minimum Gasteiger partial charge on any atom is -0.507 e.